The Labute approximate surface area is 190 Å². The molecule has 0 bridgehead atoms. The van der Waals surface area contributed by atoms with Crippen LogP contribution < -0.4 is 15.5 Å². The third kappa shape index (κ3) is 6.41. The molecule has 0 heterocycles. The summed E-state index contributed by atoms with van der Waals surface area (Å²) < 4.78 is 0. The van der Waals surface area contributed by atoms with E-state index < -0.39 is 6.04 Å². The van der Waals surface area contributed by atoms with E-state index in [1.54, 1.807) is 0 Å². The molecule has 3 rings (SSSR count). The number of quaternary nitrogens is 1. The minimum absolute atomic E-state index is 0.0167. The molecule has 1 atom stereocenters. The second-order valence-electron chi connectivity index (χ2n) is 9.02. The van der Waals surface area contributed by atoms with E-state index in [2.05, 4.69) is 36.9 Å². The van der Waals surface area contributed by atoms with Crippen molar-refractivity contribution in [2.24, 2.45) is 5.92 Å². The Morgan fingerprint density at radius 3 is 2.22 bits per heavy atom. The first-order chi connectivity index (χ1) is 15.3. The summed E-state index contributed by atoms with van der Waals surface area (Å²) in [5.41, 5.74) is 3.27. The molecule has 5 heteroatoms. The highest BCUT2D eigenvalue weighted by Gasteiger charge is 2.24. The Kier molecular flexibility index (Phi) is 8.01. The van der Waals surface area contributed by atoms with E-state index in [4.69, 9.17) is 0 Å². The normalized spacial score (nSPS) is 12.2. The zero-order valence-corrected chi connectivity index (χ0v) is 19.4. The van der Waals surface area contributed by atoms with Crippen molar-refractivity contribution in [2.45, 2.75) is 39.4 Å². The summed E-state index contributed by atoms with van der Waals surface area (Å²) in [6, 6.07) is 21.7. The Bertz CT molecular complexity index is 1050. The number of hydrogen-bond donors (Lipinski definition) is 3. The van der Waals surface area contributed by atoms with Crippen LogP contribution >= 0.6 is 0 Å². The molecule has 0 saturated heterocycles. The number of hydrogen-bond acceptors (Lipinski definition) is 2. The molecule has 0 unspecified atom stereocenters. The summed E-state index contributed by atoms with van der Waals surface area (Å²) in [5.74, 6) is -0.323. The van der Waals surface area contributed by atoms with E-state index >= 15 is 0 Å². The lowest BCUT2D eigenvalue weighted by Crippen LogP contribution is -3.04. The van der Waals surface area contributed by atoms with Crippen molar-refractivity contribution in [3.8, 4) is 0 Å². The first-order valence-electron chi connectivity index (χ1n) is 11.2. The molecule has 0 spiro atoms. The van der Waals surface area contributed by atoms with Crippen LogP contribution in [0.4, 0.5) is 0 Å². The summed E-state index contributed by atoms with van der Waals surface area (Å²) in [7, 11) is 4.24. The molecule has 5 nitrogen and oxygen atoms in total. The van der Waals surface area contributed by atoms with Crippen molar-refractivity contribution in [1.82, 2.24) is 10.6 Å². The number of benzene rings is 3. The maximum absolute atomic E-state index is 12.8. The van der Waals surface area contributed by atoms with Crippen LogP contribution in [0.15, 0.2) is 66.7 Å². The Hall–Kier alpha value is -3.18. The van der Waals surface area contributed by atoms with Crippen molar-refractivity contribution in [1.29, 1.82) is 0 Å². The maximum Gasteiger partial charge on any atom is 0.243 e. The largest absolute Gasteiger partial charge is 0.350 e. The van der Waals surface area contributed by atoms with Crippen molar-refractivity contribution in [3.05, 3.63) is 83.4 Å². The lowest BCUT2D eigenvalue weighted by atomic mass is 10.00. The van der Waals surface area contributed by atoms with Crippen molar-refractivity contribution in [3.63, 3.8) is 0 Å². The van der Waals surface area contributed by atoms with Gasteiger partial charge >= 0.3 is 0 Å². The van der Waals surface area contributed by atoms with Gasteiger partial charge in [0.1, 0.15) is 12.6 Å². The molecule has 2 amide bonds. The molecule has 0 aliphatic rings. The van der Waals surface area contributed by atoms with Gasteiger partial charge in [0.25, 0.3) is 0 Å². The van der Waals surface area contributed by atoms with Gasteiger partial charge in [-0.05, 0) is 27.8 Å². The van der Waals surface area contributed by atoms with E-state index in [1.165, 1.54) is 10.5 Å². The van der Waals surface area contributed by atoms with Crippen molar-refractivity contribution >= 4 is 22.6 Å². The molecule has 3 aromatic rings. The highest BCUT2D eigenvalue weighted by Crippen LogP contribution is 2.19. The first kappa shape index (κ1) is 23.5. The number of rotatable bonds is 9. The van der Waals surface area contributed by atoms with Gasteiger partial charge < -0.3 is 15.5 Å². The van der Waals surface area contributed by atoms with Crippen LogP contribution in [0.1, 0.15) is 30.5 Å². The third-order valence-electron chi connectivity index (χ3n) is 5.54. The van der Waals surface area contributed by atoms with Crippen LogP contribution in [0.3, 0.4) is 0 Å². The molecule has 3 aromatic carbocycles. The zero-order chi connectivity index (χ0) is 23.1. The zero-order valence-electron chi connectivity index (χ0n) is 19.4. The minimum Gasteiger partial charge on any atom is -0.350 e. The predicted molar refractivity (Wildman–Crippen MR) is 129 cm³/mol. The van der Waals surface area contributed by atoms with Gasteiger partial charge in [-0.3, -0.25) is 9.59 Å². The molecule has 0 fully saturated rings. The molecule has 0 aromatic heterocycles. The lowest BCUT2D eigenvalue weighted by molar-refractivity contribution is -0.872. The Balaban J connectivity index is 1.59. The highest BCUT2D eigenvalue weighted by atomic mass is 16.2. The van der Waals surface area contributed by atoms with Crippen LogP contribution in [-0.2, 0) is 29.1 Å². The van der Waals surface area contributed by atoms with E-state index in [9.17, 15) is 9.59 Å². The van der Waals surface area contributed by atoms with Crippen LogP contribution in [0, 0.1) is 5.92 Å². The molecule has 0 aliphatic carbocycles. The van der Waals surface area contributed by atoms with Gasteiger partial charge in [0.15, 0.2) is 0 Å². The molecule has 0 aliphatic heterocycles. The van der Waals surface area contributed by atoms with Crippen LogP contribution in [0.5, 0.6) is 0 Å². The Morgan fingerprint density at radius 2 is 1.53 bits per heavy atom. The van der Waals surface area contributed by atoms with E-state index in [1.807, 2.05) is 68.4 Å². The first-order valence-corrected chi connectivity index (χ1v) is 11.2. The van der Waals surface area contributed by atoms with E-state index in [0.29, 0.717) is 6.54 Å². The lowest BCUT2D eigenvalue weighted by Gasteiger charge is -2.22. The van der Waals surface area contributed by atoms with Crippen molar-refractivity contribution < 1.29 is 14.5 Å². The summed E-state index contributed by atoms with van der Waals surface area (Å²) in [6.07, 6.45) is 0.243. The van der Waals surface area contributed by atoms with Gasteiger partial charge in [-0.1, -0.05) is 80.6 Å². The highest BCUT2D eigenvalue weighted by molar-refractivity contribution is 5.92. The van der Waals surface area contributed by atoms with Crippen LogP contribution in [-0.4, -0.2) is 32.0 Å². The smallest absolute Gasteiger partial charge is 0.243 e. The molecule has 0 saturated carbocycles. The second kappa shape index (κ2) is 10.9. The minimum atomic E-state index is -0.575. The standard InChI is InChI=1S/C27H33N3O2/c1-19(2)26(27(32)28-17-20-12-14-21(15-13-20)18-30(3)4)29-25(31)16-23-10-7-9-22-8-5-6-11-24(22)23/h5-15,19,26H,16-18H2,1-4H3,(H,28,32)(H,29,31)/p+1/t26-/m0/s1. The number of carbonyl (C=O) groups is 2. The number of carbonyl (C=O) groups excluding carboxylic acids is 2. The summed E-state index contributed by atoms with van der Waals surface area (Å²) in [5, 5.41) is 8.09. The number of nitrogens with one attached hydrogen (secondary N) is 3. The molecular weight excluding hydrogens is 398 g/mol. The molecule has 0 radical (unpaired) electrons. The van der Waals surface area contributed by atoms with E-state index in [-0.39, 0.29) is 24.2 Å². The predicted octanol–water partition coefficient (Wildman–Crippen LogP) is 2.48. The molecule has 3 N–H and O–H groups in total. The van der Waals surface area contributed by atoms with Gasteiger partial charge in [0.2, 0.25) is 11.8 Å². The number of amides is 2. The van der Waals surface area contributed by atoms with Gasteiger partial charge in [0, 0.05) is 12.1 Å². The topological polar surface area (TPSA) is 62.6 Å². The van der Waals surface area contributed by atoms with Gasteiger partial charge in [0.05, 0.1) is 20.5 Å². The number of fused-ring (bicyclic) bond motifs is 1. The second-order valence-corrected chi connectivity index (χ2v) is 9.02. The quantitative estimate of drug-likeness (QED) is 0.487. The summed E-state index contributed by atoms with van der Waals surface area (Å²) in [6.45, 7) is 5.29. The SMILES string of the molecule is CC(C)[C@H](NC(=O)Cc1cccc2ccccc12)C(=O)NCc1ccc(C[NH+](C)C)cc1. The monoisotopic (exact) mass is 432 g/mol. The average molecular weight is 433 g/mol. The fourth-order valence-corrected chi connectivity index (χ4v) is 3.86. The Morgan fingerprint density at radius 1 is 0.875 bits per heavy atom. The summed E-state index contributed by atoms with van der Waals surface area (Å²) >= 11 is 0. The molecular formula is C27H34N3O2+. The molecule has 168 valence electrons. The molecule has 32 heavy (non-hydrogen) atoms. The average Bonchev–Trinajstić information content (AvgIpc) is 2.76. The summed E-state index contributed by atoms with van der Waals surface area (Å²) in [4.78, 5) is 27.0. The fourth-order valence-electron chi connectivity index (χ4n) is 3.86. The maximum atomic E-state index is 12.8. The third-order valence-corrected chi connectivity index (χ3v) is 5.54. The van der Waals surface area contributed by atoms with E-state index in [0.717, 1.165) is 28.4 Å². The fraction of sp³-hybridized carbons (Fsp3) is 0.333. The van der Waals surface area contributed by atoms with Gasteiger partial charge in [-0.25, -0.2) is 0 Å². The van der Waals surface area contributed by atoms with Gasteiger partial charge in [-0.2, -0.15) is 0 Å². The van der Waals surface area contributed by atoms with Crippen molar-refractivity contribution in [2.75, 3.05) is 14.1 Å². The van der Waals surface area contributed by atoms with Crippen LogP contribution in [0.25, 0.3) is 10.8 Å². The van der Waals surface area contributed by atoms with Crippen LogP contribution in [0.2, 0.25) is 0 Å². The van der Waals surface area contributed by atoms with Gasteiger partial charge in [-0.15, -0.1) is 0 Å².